The maximum atomic E-state index is 13.5. The lowest BCUT2D eigenvalue weighted by molar-refractivity contribution is -0.870. The van der Waals surface area contributed by atoms with Crippen molar-refractivity contribution in [2.75, 3.05) is 40.9 Å². The van der Waals surface area contributed by atoms with Gasteiger partial charge in [0.1, 0.15) is 19.3 Å². The Morgan fingerprint density at radius 2 is 0.842 bits per heavy atom. The van der Waals surface area contributed by atoms with Crippen LogP contribution >= 0.6 is 7.82 Å². The maximum absolute atomic E-state index is 13.5. The van der Waals surface area contributed by atoms with Gasteiger partial charge in [0, 0.05) is 12.8 Å². The maximum Gasteiger partial charge on any atom is 0.306 e. The Labute approximate surface area is 469 Å². The number of allylic oxidation sites excluding steroid dienone is 13. The van der Waals surface area contributed by atoms with Crippen LogP contribution < -0.4 is 10.2 Å². The van der Waals surface area contributed by atoms with Crippen molar-refractivity contribution in [1.29, 1.82) is 0 Å². The van der Waals surface area contributed by atoms with E-state index in [0.29, 0.717) is 30.3 Å². The lowest BCUT2D eigenvalue weighted by Gasteiger charge is -2.30. The van der Waals surface area contributed by atoms with Crippen molar-refractivity contribution in [3.63, 3.8) is 0 Å². The molecule has 1 amide bonds. The minimum atomic E-state index is -4.71. The first-order chi connectivity index (χ1) is 36.9. The molecule has 0 radical (unpaired) electrons. The van der Waals surface area contributed by atoms with Crippen LogP contribution in [0.3, 0.4) is 0 Å². The molecule has 0 fully saturated rings. The van der Waals surface area contributed by atoms with E-state index in [-0.39, 0.29) is 24.9 Å². The van der Waals surface area contributed by atoms with Crippen molar-refractivity contribution in [2.24, 2.45) is 0 Å². The summed E-state index contributed by atoms with van der Waals surface area (Å²) in [6, 6.07) is -0.904. The van der Waals surface area contributed by atoms with Gasteiger partial charge in [-0.05, 0) is 102 Å². The van der Waals surface area contributed by atoms with Crippen LogP contribution in [0.25, 0.3) is 0 Å². The van der Waals surface area contributed by atoms with Gasteiger partial charge in [0.05, 0.1) is 33.8 Å². The van der Waals surface area contributed by atoms with Crippen molar-refractivity contribution >= 4 is 19.7 Å². The fourth-order valence-electron chi connectivity index (χ4n) is 8.72. The highest BCUT2D eigenvalue weighted by molar-refractivity contribution is 7.45. The molecule has 3 unspecified atom stereocenters. The van der Waals surface area contributed by atoms with Crippen molar-refractivity contribution in [2.45, 2.75) is 283 Å². The number of hydrogen-bond donors (Lipinski definition) is 1. The highest BCUT2D eigenvalue weighted by Gasteiger charge is 2.27. The predicted molar refractivity (Wildman–Crippen MR) is 325 cm³/mol. The predicted octanol–water partition coefficient (Wildman–Crippen LogP) is 18.8. The van der Waals surface area contributed by atoms with Crippen LogP contribution in [-0.4, -0.2) is 69.4 Å². The number of nitrogens with zero attached hydrogens (tertiary/aromatic N) is 1. The number of quaternary nitrogens is 1. The molecule has 0 aliphatic carbocycles. The third-order valence-corrected chi connectivity index (χ3v) is 14.5. The van der Waals surface area contributed by atoms with Gasteiger partial charge in [-0.2, -0.15) is 0 Å². The number of carbonyl (C=O) groups excluding carboxylic acids is 2. The highest BCUT2D eigenvalue weighted by Crippen LogP contribution is 2.38. The molecule has 0 aliphatic rings. The quantitative estimate of drug-likeness (QED) is 0.0212. The summed E-state index contributed by atoms with van der Waals surface area (Å²) in [6.45, 7) is 6.71. The molecule has 0 rings (SSSR count). The molecule has 0 aromatic carbocycles. The van der Waals surface area contributed by atoms with E-state index in [1.54, 1.807) is 0 Å². The van der Waals surface area contributed by atoms with Gasteiger partial charge in [-0.15, -0.1) is 0 Å². The SMILES string of the molecule is CC/C=C\C/C=C\C/C=C\C/C=C\C/C=C\CCCCCCCCCC(=O)OC(/C=C\CCCCCCCCCCCCC)C(COP(=O)([O-])OCC[N+](C)(C)C)NC(=O)CCCCC/C=C\CCCCCCCCC. The van der Waals surface area contributed by atoms with Gasteiger partial charge < -0.3 is 28.5 Å². The van der Waals surface area contributed by atoms with E-state index in [1.165, 1.54) is 122 Å². The molecule has 0 spiro atoms. The van der Waals surface area contributed by atoms with Gasteiger partial charge >= 0.3 is 5.97 Å². The lowest BCUT2D eigenvalue weighted by atomic mass is 10.0. The first kappa shape index (κ1) is 73.2. The van der Waals surface area contributed by atoms with Crippen LogP contribution in [0, 0.1) is 0 Å². The molecule has 10 heteroatoms. The van der Waals surface area contributed by atoms with E-state index in [0.717, 1.165) is 103 Å². The van der Waals surface area contributed by atoms with E-state index < -0.39 is 26.6 Å². The lowest BCUT2D eigenvalue weighted by Crippen LogP contribution is -2.47. The Morgan fingerprint density at radius 3 is 1.29 bits per heavy atom. The summed E-state index contributed by atoms with van der Waals surface area (Å²) >= 11 is 0. The second kappa shape index (κ2) is 55.5. The number of phosphoric acid groups is 1. The molecule has 0 heterocycles. The van der Waals surface area contributed by atoms with Gasteiger partial charge in [-0.1, -0.05) is 241 Å². The molecule has 3 atom stereocenters. The number of carbonyl (C=O) groups is 2. The number of amides is 1. The number of likely N-dealkylation sites (N-methyl/N-ethyl adjacent to an activating group) is 1. The van der Waals surface area contributed by atoms with Crippen molar-refractivity contribution in [3.05, 3.63) is 85.1 Å². The molecule has 0 aromatic heterocycles. The Bertz CT molecular complexity index is 1580. The van der Waals surface area contributed by atoms with Crippen LogP contribution in [0.15, 0.2) is 85.1 Å². The normalized spacial score (nSPS) is 14.2. The molecule has 0 saturated carbocycles. The van der Waals surface area contributed by atoms with Gasteiger partial charge in [0.25, 0.3) is 7.82 Å². The second-order valence-corrected chi connectivity index (χ2v) is 23.6. The molecule has 0 bridgehead atoms. The fourth-order valence-corrected chi connectivity index (χ4v) is 9.44. The standard InChI is InChI=1S/C66H119N2O7P/c1-7-10-13-16-19-22-25-28-30-31-32-33-34-35-36-37-38-41-44-47-50-53-56-59-66(70)75-64(57-54-51-48-45-42-39-27-24-21-18-15-12-9-3)63(62-74-76(71,72)73-61-60-68(4,5)6)67-65(69)58-55-52-49-46-43-40-29-26-23-20-17-14-11-8-2/h10,13,19,22,28,30,32-33,35-36,40,43,54,57,63-64H,7-9,11-12,14-18,20-21,23-27,29,31,34,37-39,41-42,44-53,55-56,58-62H2,1-6H3,(H-,67,69,71,72)/b13-10-,22-19-,30-28-,33-32-,36-35-,43-40-,57-54-. The van der Waals surface area contributed by atoms with Crippen molar-refractivity contribution < 1.29 is 37.3 Å². The summed E-state index contributed by atoms with van der Waals surface area (Å²) in [5, 5.41) is 3.02. The highest BCUT2D eigenvalue weighted by atomic mass is 31.2. The third kappa shape index (κ3) is 55.9. The Hall–Kier alpha value is -2.81. The van der Waals surface area contributed by atoms with Crippen molar-refractivity contribution in [3.8, 4) is 0 Å². The second-order valence-electron chi connectivity index (χ2n) is 22.2. The summed E-state index contributed by atoms with van der Waals surface area (Å²) in [5.41, 5.74) is 0. The van der Waals surface area contributed by atoms with Crippen LogP contribution in [0.2, 0.25) is 0 Å². The van der Waals surface area contributed by atoms with Crippen LogP contribution in [-0.2, 0) is 27.9 Å². The zero-order valence-corrected chi connectivity index (χ0v) is 51.1. The Balaban J connectivity index is 5.27. The van der Waals surface area contributed by atoms with Gasteiger partial charge in [0.15, 0.2) is 0 Å². The van der Waals surface area contributed by atoms with Gasteiger partial charge in [-0.25, -0.2) is 0 Å². The summed E-state index contributed by atoms with van der Waals surface area (Å²) in [7, 11) is 1.16. The summed E-state index contributed by atoms with van der Waals surface area (Å²) in [6.07, 6.45) is 72.6. The summed E-state index contributed by atoms with van der Waals surface area (Å²) in [4.78, 5) is 40.0. The zero-order valence-electron chi connectivity index (χ0n) is 50.2. The van der Waals surface area contributed by atoms with E-state index in [4.69, 9.17) is 13.8 Å². The monoisotopic (exact) mass is 1080 g/mol. The van der Waals surface area contributed by atoms with Gasteiger partial charge in [0.2, 0.25) is 5.91 Å². The van der Waals surface area contributed by atoms with E-state index in [1.807, 2.05) is 33.3 Å². The number of esters is 1. The first-order valence-electron chi connectivity index (χ1n) is 31.4. The van der Waals surface area contributed by atoms with E-state index >= 15 is 0 Å². The minimum absolute atomic E-state index is 0.0298. The average Bonchev–Trinajstić information content (AvgIpc) is 3.38. The van der Waals surface area contributed by atoms with E-state index in [9.17, 15) is 19.0 Å². The van der Waals surface area contributed by atoms with Crippen LogP contribution in [0.1, 0.15) is 271 Å². The smallest absolute Gasteiger partial charge is 0.306 e. The van der Waals surface area contributed by atoms with E-state index in [2.05, 4.69) is 99.0 Å². The third-order valence-electron chi connectivity index (χ3n) is 13.6. The number of nitrogens with one attached hydrogen (secondary N) is 1. The summed E-state index contributed by atoms with van der Waals surface area (Å²) in [5.74, 6) is -0.572. The number of unbranched alkanes of at least 4 members (excludes halogenated alkanes) is 28. The Kier molecular flexibility index (Phi) is 53.5. The topological polar surface area (TPSA) is 114 Å². The molecule has 9 nitrogen and oxygen atoms in total. The average molecular weight is 1080 g/mol. The molecule has 1 N–H and O–H groups in total. The molecular weight excluding hydrogens is 964 g/mol. The number of rotatable bonds is 56. The van der Waals surface area contributed by atoms with Crippen LogP contribution in [0.4, 0.5) is 0 Å². The minimum Gasteiger partial charge on any atom is -0.756 e. The zero-order chi connectivity index (χ0) is 55.7. The van der Waals surface area contributed by atoms with Gasteiger partial charge in [-0.3, -0.25) is 14.2 Å². The summed E-state index contributed by atoms with van der Waals surface area (Å²) < 4.78 is 30.3. The number of phosphoric ester groups is 1. The molecule has 0 aliphatic heterocycles. The van der Waals surface area contributed by atoms with Crippen LogP contribution in [0.5, 0.6) is 0 Å². The molecular formula is C66H119N2O7P. The molecule has 440 valence electrons. The number of hydrogen-bond acceptors (Lipinski definition) is 7. The molecule has 76 heavy (non-hydrogen) atoms. The first-order valence-corrected chi connectivity index (χ1v) is 32.9. The Morgan fingerprint density at radius 1 is 0.474 bits per heavy atom. The molecule has 0 saturated heterocycles. The largest absolute Gasteiger partial charge is 0.756 e. The van der Waals surface area contributed by atoms with Crippen molar-refractivity contribution in [1.82, 2.24) is 5.32 Å². The fraction of sp³-hybridized carbons (Fsp3) is 0.758. The molecule has 0 aromatic rings. The number of ether oxygens (including phenoxy) is 1.